The van der Waals surface area contributed by atoms with Crippen molar-refractivity contribution in [1.29, 1.82) is 0 Å². The van der Waals surface area contributed by atoms with Crippen molar-refractivity contribution in [1.82, 2.24) is 4.90 Å². The van der Waals surface area contributed by atoms with Crippen LogP contribution in [0.4, 0.5) is 21.5 Å². The molecule has 0 fully saturated rings. The number of hydrogen-bond donors (Lipinski definition) is 1. The minimum atomic E-state index is -0.277. The highest BCUT2D eigenvalue weighted by molar-refractivity contribution is 6.36. The number of halogens is 2. The maximum absolute atomic E-state index is 14.2. The van der Waals surface area contributed by atoms with Crippen LogP contribution in [0.1, 0.15) is 18.1 Å². The van der Waals surface area contributed by atoms with E-state index in [9.17, 15) is 4.39 Å². The number of nitrogens with zero attached hydrogens (tertiary/aromatic N) is 2. The van der Waals surface area contributed by atoms with Gasteiger partial charge in [0.05, 0.1) is 28.4 Å². The second kappa shape index (κ2) is 7.47. The molecule has 1 N–H and O–H groups in total. The lowest BCUT2D eigenvalue weighted by Crippen LogP contribution is -2.14. The average molecular weight is 334 g/mol. The third-order valence-corrected chi connectivity index (χ3v) is 3.95. The Morgan fingerprint density at radius 3 is 2.70 bits per heavy atom. The molecular weight excluding hydrogens is 313 g/mol. The van der Waals surface area contributed by atoms with Crippen LogP contribution in [0.25, 0.3) is 0 Å². The van der Waals surface area contributed by atoms with Crippen LogP contribution in [0.3, 0.4) is 0 Å². The van der Waals surface area contributed by atoms with E-state index in [1.165, 1.54) is 0 Å². The Morgan fingerprint density at radius 1 is 1.26 bits per heavy atom. The largest absolute Gasteiger partial charge is 0.366 e. The van der Waals surface area contributed by atoms with Crippen LogP contribution in [-0.4, -0.2) is 24.8 Å². The monoisotopic (exact) mass is 333 g/mol. The molecule has 0 amide bonds. The minimum Gasteiger partial charge on any atom is -0.366 e. The van der Waals surface area contributed by atoms with Gasteiger partial charge in [0.1, 0.15) is 5.82 Å². The van der Waals surface area contributed by atoms with Gasteiger partial charge in [0.2, 0.25) is 0 Å². The summed E-state index contributed by atoms with van der Waals surface area (Å²) in [6.07, 6.45) is 1.73. The summed E-state index contributed by atoms with van der Waals surface area (Å²) in [6, 6.07) is 9.01. The lowest BCUT2D eigenvalue weighted by molar-refractivity contribution is 0.552. The van der Waals surface area contributed by atoms with Gasteiger partial charge in [-0.15, -0.1) is 0 Å². The summed E-state index contributed by atoms with van der Waals surface area (Å²) < 4.78 is 14.2. The Hall–Kier alpha value is -2.07. The van der Waals surface area contributed by atoms with Crippen LogP contribution in [0.15, 0.2) is 35.3 Å². The molecule has 0 aromatic heterocycles. The molecule has 5 heteroatoms. The molecule has 122 valence electrons. The zero-order chi connectivity index (χ0) is 17.0. The molecule has 0 radical (unpaired) electrons. The highest BCUT2D eigenvalue weighted by Crippen LogP contribution is 2.36. The molecule has 0 atom stereocenters. The van der Waals surface area contributed by atoms with Crippen LogP contribution in [0, 0.1) is 19.7 Å². The fourth-order valence-electron chi connectivity index (χ4n) is 2.07. The minimum absolute atomic E-state index is 0.277. The van der Waals surface area contributed by atoms with E-state index in [-0.39, 0.29) is 5.82 Å². The van der Waals surface area contributed by atoms with E-state index in [4.69, 9.17) is 11.6 Å². The van der Waals surface area contributed by atoms with Crippen molar-refractivity contribution in [3.05, 3.63) is 52.3 Å². The first-order valence-corrected chi connectivity index (χ1v) is 7.87. The number of benzene rings is 2. The van der Waals surface area contributed by atoms with Crippen molar-refractivity contribution in [3.8, 4) is 0 Å². The maximum Gasteiger partial charge on any atom is 0.149 e. The number of nitrogens with one attached hydrogen (secondary N) is 1. The molecule has 0 aliphatic carbocycles. The molecule has 2 aromatic carbocycles. The summed E-state index contributed by atoms with van der Waals surface area (Å²) in [5.41, 5.74) is 3.28. The van der Waals surface area contributed by atoms with Crippen LogP contribution in [0.5, 0.6) is 0 Å². The molecule has 0 aliphatic heterocycles. The van der Waals surface area contributed by atoms with Crippen molar-refractivity contribution in [2.45, 2.75) is 20.8 Å². The molecule has 23 heavy (non-hydrogen) atoms. The zero-order valence-electron chi connectivity index (χ0n) is 13.8. The van der Waals surface area contributed by atoms with E-state index in [1.54, 1.807) is 31.5 Å². The molecule has 0 spiro atoms. The summed E-state index contributed by atoms with van der Waals surface area (Å²) in [5.74, 6) is -0.277. The molecule has 0 unspecified atom stereocenters. The molecule has 0 saturated carbocycles. The maximum atomic E-state index is 14.2. The van der Waals surface area contributed by atoms with Crippen LogP contribution >= 0.6 is 11.6 Å². The number of aliphatic imine (C=N–C) groups is 1. The molecule has 2 rings (SSSR count). The Kier molecular flexibility index (Phi) is 5.61. The Bertz CT molecular complexity index is 728. The summed E-state index contributed by atoms with van der Waals surface area (Å²) in [4.78, 5) is 6.37. The average Bonchev–Trinajstić information content (AvgIpc) is 2.53. The van der Waals surface area contributed by atoms with Crippen LogP contribution in [-0.2, 0) is 0 Å². The lowest BCUT2D eigenvalue weighted by Gasteiger charge is -2.14. The quantitative estimate of drug-likeness (QED) is 0.582. The number of hydrogen-bond acceptors (Lipinski definition) is 2. The van der Waals surface area contributed by atoms with E-state index in [2.05, 4.69) is 10.3 Å². The molecule has 0 heterocycles. The van der Waals surface area contributed by atoms with Gasteiger partial charge in [0, 0.05) is 13.6 Å². The molecular formula is C18H21ClFN3. The summed E-state index contributed by atoms with van der Waals surface area (Å²) >= 11 is 6.43. The van der Waals surface area contributed by atoms with Gasteiger partial charge in [-0.2, -0.15) is 0 Å². The van der Waals surface area contributed by atoms with Crippen LogP contribution < -0.4 is 5.32 Å². The third kappa shape index (κ3) is 4.23. The third-order valence-electron chi connectivity index (χ3n) is 3.55. The first-order valence-electron chi connectivity index (χ1n) is 7.49. The molecule has 0 aliphatic rings. The smallest absolute Gasteiger partial charge is 0.149 e. The van der Waals surface area contributed by atoms with E-state index >= 15 is 0 Å². The number of anilines is 2. The molecule has 0 saturated heterocycles. The lowest BCUT2D eigenvalue weighted by atomic mass is 10.1. The van der Waals surface area contributed by atoms with Gasteiger partial charge in [-0.25, -0.2) is 9.38 Å². The van der Waals surface area contributed by atoms with E-state index in [0.717, 1.165) is 12.1 Å². The standard InChI is InChI=1S/C18H21ClFN3/c1-5-23(4)11-21-15-9-12(2)10-16(17(15)19)22-14-8-6-7-13(3)18(14)20/h6-11,22H,5H2,1-4H3. The van der Waals surface area contributed by atoms with Gasteiger partial charge in [-0.3, -0.25) is 0 Å². The van der Waals surface area contributed by atoms with Crippen LogP contribution in [0.2, 0.25) is 5.02 Å². The Labute approximate surface area is 141 Å². The van der Waals surface area contributed by atoms with Gasteiger partial charge in [0.15, 0.2) is 0 Å². The predicted molar refractivity (Wildman–Crippen MR) is 97.1 cm³/mol. The van der Waals surface area contributed by atoms with Crippen molar-refractivity contribution in [3.63, 3.8) is 0 Å². The highest BCUT2D eigenvalue weighted by Gasteiger charge is 2.11. The van der Waals surface area contributed by atoms with Crippen molar-refractivity contribution in [2.24, 2.45) is 4.99 Å². The number of aryl methyl sites for hydroxylation is 2. The van der Waals surface area contributed by atoms with Gasteiger partial charge >= 0.3 is 0 Å². The SMILES string of the molecule is CCN(C)C=Nc1cc(C)cc(Nc2cccc(C)c2F)c1Cl. The summed E-state index contributed by atoms with van der Waals surface area (Å²) in [5, 5.41) is 3.54. The fourth-order valence-corrected chi connectivity index (χ4v) is 2.27. The van der Waals surface area contributed by atoms with E-state index in [0.29, 0.717) is 27.6 Å². The zero-order valence-corrected chi connectivity index (χ0v) is 14.6. The normalized spacial score (nSPS) is 11.0. The Balaban J connectivity index is 2.38. The van der Waals surface area contributed by atoms with Gasteiger partial charge in [-0.1, -0.05) is 23.7 Å². The molecule has 2 aromatic rings. The second-order valence-corrected chi connectivity index (χ2v) is 5.90. The van der Waals surface area contributed by atoms with E-state index in [1.807, 2.05) is 37.9 Å². The molecule has 0 bridgehead atoms. The number of rotatable bonds is 5. The summed E-state index contributed by atoms with van der Waals surface area (Å²) in [7, 11) is 1.94. The van der Waals surface area contributed by atoms with E-state index < -0.39 is 0 Å². The Morgan fingerprint density at radius 2 is 2.00 bits per heavy atom. The predicted octanol–water partition coefficient (Wildman–Crippen LogP) is 5.45. The van der Waals surface area contributed by atoms with Crippen molar-refractivity contribution in [2.75, 3.05) is 18.9 Å². The fraction of sp³-hybridized carbons (Fsp3) is 0.278. The first-order chi connectivity index (χ1) is 10.9. The van der Waals surface area contributed by atoms with Crippen molar-refractivity contribution >= 4 is 35.0 Å². The second-order valence-electron chi connectivity index (χ2n) is 5.52. The van der Waals surface area contributed by atoms with Gasteiger partial charge in [0.25, 0.3) is 0 Å². The molecule has 3 nitrogen and oxygen atoms in total. The van der Waals surface area contributed by atoms with Crippen molar-refractivity contribution < 1.29 is 4.39 Å². The first kappa shape index (κ1) is 17.3. The topological polar surface area (TPSA) is 27.6 Å². The summed E-state index contributed by atoms with van der Waals surface area (Å²) in [6.45, 7) is 6.58. The highest BCUT2D eigenvalue weighted by atomic mass is 35.5. The van der Waals surface area contributed by atoms with Gasteiger partial charge < -0.3 is 10.2 Å². The van der Waals surface area contributed by atoms with Gasteiger partial charge in [-0.05, 0) is 50.1 Å².